The number of nitrogens with zero attached hydrogens (tertiary/aromatic N) is 5. The normalized spacial score (nSPS) is 12.7. The van der Waals surface area contributed by atoms with Gasteiger partial charge in [-0.05, 0) is 148 Å². The van der Waals surface area contributed by atoms with Gasteiger partial charge in [-0.15, -0.1) is 0 Å². The Hall–Kier alpha value is -11.2. The van der Waals surface area contributed by atoms with Gasteiger partial charge in [0.2, 0.25) is 26.9 Å². The van der Waals surface area contributed by atoms with Crippen LogP contribution in [0.1, 0.15) is 121 Å². The number of rotatable bonds is 7. The van der Waals surface area contributed by atoms with E-state index < -0.39 is 5.82 Å². The predicted octanol–water partition coefficient (Wildman–Crippen LogP) is 16.4. The number of nitrogens with one attached hydrogen (secondary N) is 1. The molecular weight excluding hydrogens is 1660 g/mol. The standard InChI is InChI=1S/C51H41B2N3.C36H27B2FN2.C15H15N.S7.S2.3H2/c1-32-16-11-17-33(2)46(32)53-47-34(3)18-12-26-42(47)52(43-27-13-19-35(4)48(43)53)49-36(30-54)20-14-22-38(49)39-23-15-21-37(31-55)50(39)56-44-28-9-7-24-40(44)51(5,6)41-25-8-10-29-45(41)56;1-22-10-5-11-23(2)32(22)38-33-24(3)12-6-18-30(33)37(31-19-7-13-25(4)34(31)38)35-26(20-40)14-8-16-28(35)29-17-9-15-27(21-41)36(29)39;1-15(2)11-7-3-5-9-13(11)16-14-10-6-4-8-12(14)15;1-3-5-7-6-4-2;1-2;;;/h7-29H,1-6H3;5-19H,1-4H3;3-10,16H,1-2H3;;;3*1H. The van der Waals surface area contributed by atoms with Gasteiger partial charge in [0.25, 0.3) is 0 Å². The number of benzene rings is 14. The summed E-state index contributed by atoms with van der Waals surface area (Å²) in [7, 11) is 7.36. The van der Waals surface area contributed by atoms with E-state index in [-0.39, 0.29) is 47.5 Å². The lowest BCUT2D eigenvalue weighted by Crippen LogP contribution is -2.76. The van der Waals surface area contributed by atoms with E-state index in [0.29, 0.717) is 27.8 Å². The lowest BCUT2D eigenvalue weighted by Gasteiger charge is -2.43. The molecule has 6 nitrogen and oxygen atoms in total. The van der Waals surface area contributed by atoms with Crippen LogP contribution in [0.25, 0.3) is 22.3 Å². The van der Waals surface area contributed by atoms with Gasteiger partial charge in [0, 0.05) is 138 Å². The summed E-state index contributed by atoms with van der Waals surface area (Å²) in [5, 5.41) is 45.4. The van der Waals surface area contributed by atoms with Crippen LogP contribution in [0.2, 0.25) is 0 Å². The third-order valence-corrected chi connectivity index (χ3v) is 33.7. The van der Waals surface area contributed by atoms with Crippen LogP contribution in [-0.2, 0) is 100.0 Å². The number of fused-ring (bicyclic) bond motifs is 8. The Bertz CT molecular complexity index is 6730. The second-order valence-corrected chi connectivity index (χ2v) is 41.0. The predicted molar refractivity (Wildman–Crippen MR) is 545 cm³/mol. The highest BCUT2D eigenvalue weighted by molar-refractivity contribution is 8.68. The third-order valence-electron chi connectivity index (χ3n) is 24.8. The molecule has 0 unspecified atom stereocenters. The highest BCUT2D eigenvalue weighted by atomic mass is 33.4. The van der Waals surface area contributed by atoms with Crippen LogP contribution in [0.5, 0.6) is 0 Å². The Labute approximate surface area is 757 Å². The molecule has 0 atom stereocenters. The molecule has 122 heavy (non-hydrogen) atoms. The van der Waals surface area contributed by atoms with Crippen molar-refractivity contribution in [2.75, 3.05) is 10.2 Å². The summed E-state index contributed by atoms with van der Waals surface area (Å²) in [5.41, 5.74) is 38.9. The number of aryl methyl sites for hydroxylation is 8. The Morgan fingerprint density at radius 2 is 0.598 bits per heavy atom. The Morgan fingerprint density at radius 3 is 0.967 bits per heavy atom. The van der Waals surface area contributed by atoms with E-state index in [1.807, 2.05) is 42.5 Å². The fraction of sp³-hybridized carbons (Fsp3) is 0.137. The summed E-state index contributed by atoms with van der Waals surface area (Å²) >= 11 is 16.5. The summed E-state index contributed by atoms with van der Waals surface area (Å²) in [5.74, 6) is -0.565. The number of hydrogen-bond acceptors (Lipinski definition) is 10. The third kappa shape index (κ3) is 16.0. The van der Waals surface area contributed by atoms with E-state index in [1.54, 1.807) is 44.8 Å². The molecule has 0 aliphatic carbocycles. The van der Waals surface area contributed by atoms with Gasteiger partial charge in [-0.1, -0.05) is 357 Å². The van der Waals surface area contributed by atoms with Gasteiger partial charge in [-0.3, -0.25) is 0 Å². The first-order valence-corrected chi connectivity index (χ1v) is 49.5. The zero-order chi connectivity index (χ0) is 86.4. The summed E-state index contributed by atoms with van der Waals surface area (Å²) in [6.07, 6.45) is 0. The van der Waals surface area contributed by atoms with Crippen LogP contribution in [0.4, 0.5) is 32.8 Å². The van der Waals surface area contributed by atoms with Crippen molar-refractivity contribution in [2.45, 2.75) is 93.9 Å². The molecule has 4 aliphatic heterocycles. The maximum Gasteiger partial charge on any atom is 0.242 e. The molecule has 14 aromatic carbocycles. The van der Waals surface area contributed by atoms with Gasteiger partial charge >= 0.3 is 0 Å². The Morgan fingerprint density at radius 1 is 0.311 bits per heavy atom. The van der Waals surface area contributed by atoms with Crippen molar-refractivity contribution in [3.05, 3.63) is 374 Å². The minimum Gasteiger partial charge on any atom is -0.355 e. The van der Waals surface area contributed by atoms with Crippen molar-refractivity contribution in [3.8, 4) is 46.5 Å². The van der Waals surface area contributed by atoms with Crippen molar-refractivity contribution in [2.24, 2.45) is 0 Å². The molecule has 4 heterocycles. The average Bonchev–Trinajstić information content (AvgIpc) is 0.714. The highest BCUT2D eigenvalue weighted by Gasteiger charge is 2.46. The quantitative estimate of drug-likeness (QED) is 0.155. The number of anilines is 5. The first-order chi connectivity index (χ1) is 59.1. The average molecular weight is 1750 g/mol. The van der Waals surface area contributed by atoms with Crippen molar-refractivity contribution in [1.29, 1.82) is 21.0 Å². The Kier molecular flexibility index (Phi) is 26.9. The van der Waals surface area contributed by atoms with Gasteiger partial charge in [-0.25, -0.2) is 4.39 Å². The molecule has 18 rings (SSSR count). The smallest absolute Gasteiger partial charge is 0.242 e. The zero-order valence-electron chi connectivity index (χ0n) is 69.7. The minimum absolute atomic E-state index is 0. The van der Waals surface area contributed by atoms with E-state index >= 15 is 4.39 Å². The second kappa shape index (κ2) is 37.7. The largest absolute Gasteiger partial charge is 0.355 e. The lowest BCUT2D eigenvalue weighted by atomic mass is 9.19. The molecule has 0 saturated heterocycles. The van der Waals surface area contributed by atoms with Crippen LogP contribution in [0.3, 0.4) is 0 Å². The maximum atomic E-state index is 15.7. The maximum absolute atomic E-state index is 15.7. The monoisotopic (exact) mass is 1750 g/mol. The summed E-state index contributed by atoms with van der Waals surface area (Å²) in [6.45, 7) is 26.3. The van der Waals surface area contributed by atoms with Crippen LogP contribution in [0, 0.1) is 107 Å². The SMILES string of the molecule is CC1(C)c2ccccc2Nc2ccccc21.Cc1cccc(C)c1B1c2c(C)cccc2B(c2c(C#N)cccc2-c2cccc(C#N)c2F)c2cccc(C)c21.Cc1cccc(C)c1B1c2c(C)cccc2B(c2c(C#N)cccc2-c2cccc(C#N)c2N2c3ccccc3C(C)(C)c3ccccc32)c2cccc(C)c21.S=S.S=S=S=S=S=S=S.[HH].[HH].[HH]. The topological polar surface area (TPSA) is 110 Å². The second-order valence-electron chi connectivity index (χ2n) is 32.2. The fourth-order valence-electron chi connectivity index (χ4n) is 19.6. The Balaban J connectivity index is 0.000000191. The van der Waals surface area contributed by atoms with E-state index in [9.17, 15) is 21.0 Å². The molecule has 0 radical (unpaired) electrons. The van der Waals surface area contributed by atoms with Gasteiger partial charge in [0.15, 0.2) is 0 Å². The summed E-state index contributed by atoms with van der Waals surface area (Å²) in [4.78, 5) is 2.29. The van der Waals surface area contributed by atoms with Crippen molar-refractivity contribution in [1.82, 2.24) is 0 Å². The molecule has 0 saturated carbocycles. The minimum atomic E-state index is -0.565. The summed E-state index contributed by atoms with van der Waals surface area (Å²) in [6, 6.07) is 106. The molecule has 0 spiro atoms. The molecule has 20 heteroatoms. The van der Waals surface area contributed by atoms with E-state index in [4.69, 9.17) is 0 Å². The molecule has 4 aliphatic rings. The van der Waals surface area contributed by atoms with E-state index in [2.05, 4.69) is 375 Å². The molecule has 0 fully saturated rings. The number of para-hydroxylation sites is 5. The first-order valence-electron chi connectivity index (χ1n) is 40.1. The van der Waals surface area contributed by atoms with Crippen LogP contribution in [0.15, 0.2) is 279 Å². The van der Waals surface area contributed by atoms with Crippen LogP contribution < -0.4 is 75.8 Å². The van der Waals surface area contributed by atoms with Crippen molar-refractivity contribution < 1.29 is 8.67 Å². The molecule has 0 aromatic heterocycles. The first kappa shape index (κ1) is 87.2. The van der Waals surface area contributed by atoms with Crippen molar-refractivity contribution >= 4 is 210 Å². The molecule has 14 aromatic rings. The van der Waals surface area contributed by atoms with Gasteiger partial charge in [-0.2, -0.15) is 21.0 Å². The lowest BCUT2D eigenvalue weighted by molar-refractivity contribution is 0.627. The van der Waals surface area contributed by atoms with Crippen molar-refractivity contribution in [3.63, 3.8) is 0 Å². The molecule has 0 bridgehead atoms. The number of halogens is 1. The number of hydrogen-bond donors (Lipinski definition) is 1. The zero-order valence-corrected chi connectivity index (χ0v) is 77.0. The van der Waals surface area contributed by atoms with Gasteiger partial charge in [0.1, 0.15) is 18.0 Å². The molecule has 600 valence electrons. The van der Waals surface area contributed by atoms with Gasteiger partial charge in [0.05, 0.1) is 40.3 Å². The van der Waals surface area contributed by atoms with E-state index in [1.165, 1.54) is 146 Å². The molecular formula is C102H89B4FN6S9. The number of nitriles is 4. The molecule has 0 amide bonds. The van der Waals surface area contributed by atoms with E-state index in [0.717, 1.165) is 50.0 Å². The summed E-state index contributed by atoms with van der Waals surface area (Å²) < 4.78 is 15.7. The highest BCUT2D eigenvalue weighted by Crippen LogP contribution is 2.54. The van der Waals surface area contributed by atoms with Crippen LogP contribution >= 0.6 is 0 Å². The van der Waals surface area contributed by atoms with Gasteiger partial charge < -0.3 is 10.2 Å². The fourth-order valence-corrected chi connectivity index (χ4v) is 27.9. The van der Waals surface area contributed by atoms with Crippen LogP contribution in [-0.4, -0.2) is 26.9 Å². The molecule has 1 N–H and O–H groups in total.